The van der Waals surface area contributed by atoms with Gasteiger partial charge >= 0.3 is 6.03 Å². The summed E-state index contributed by atoms with van der Waals surface area (Å²) in [7, 11) is 0. The number of benzene rings is 2. The minimum Gasteiger partial charge on any atom is -0.365 e. The molecule has 0 radical (unpaired) electrons. The smallest absolute Gasteiger partial charge is 0.338 e. The molecule has 126 valence electrons. The highest BCUT2D eigenvalue weighted by atomic mass is 16.5. The maximum Gasteiger partial charge on any atom is 0.338 e. The first-order chi connectivity index (χ1) is 11.6. The van der Waals surface area contributed by atoms with Crippen LogP contribution in [0, 0.1) is 0 Å². The van der Waals surface area contributed by atoms with Gasteiger partial charge in [-0.25, -0.2) is 9.86 Å². The lowest BCUT2D eigenvalue weighted by molar-refractivity contribution is -0.0470. The fraction of sp³-hybridized carbons (Fsp3) is 0.316. The van der Waals surface area contributed by atoms with Gasteiger partial charge in [0.15, 0.2) is 0 Å². The highest BCUT2D eigenvalue weighted by molar-refractivity contribution is 5.70. The topological polar surface area (TPSA) is 69.8 Å². The van der Waals surface area contributed by atoms with Crippen molar-refractivity contribution in [2.24, 2.45) is 5.73 Å². The van der Waals surface area contributed by atoms with E-state index in [2.05, 4.69) is 48.2 Å². The molecule has 0 spiro atoms. The van der Waals surface area contributed by atoms with Crippen molar-refractivity contribution < 1.29 is 10.0 Å². The average molecular weight is 325 g/mol. The normalized spacial score (nSPS) is 14.8. The quantitative estimate of drug-likeness (QED) is 0.668. The second kappa shape index (κ2) is 6.93. The summed E-state index contributed by atoms with van der Waals surface area (Å²) in [4.78, 5) is 13.4. The molecule has 5 nitrogen and oxygen atoms in total. The molecule has 1 atom stereocenters. The molecule has 1 unspecified atom stereocenters. The fourth-order valence-electron chi connectivity index (χ4n) is 3.34. The Kier molecular flexibility index (Phi) is 4.71. The van der Waals surface area contributed by atoms with Crippen molar-refractivity contribution >= 4 is 11.7 Å². The molecule has 5 heteroatoms. The molecular formula is C19H23N3O2. The highest BCUT2D eigenvalue weighted by Crippen LogP contribution is 2.34. The summed E-state index contributed by atoms with van der Waals surface area (Å²) in [6, 6.07) is 16.0. The summed E-state index contributed by atoms with van der Waals surface area (Å²) in [5.74, 6) is 0. The fourth-order valence-corrected chi connectivity index (χ4v) is 3.34. The van der Waals surface area contributed by atoms with Crippen LogP contribution in [0.15, 0.2) is 48.5 Å². The second-order valence-electron chi connectivity index (χ2n) is 6.24. The van der Waals surface area contributed by atoms with Crippen LogP contribution < -0.4 is 10.6 Å². The van der Waals surface area contributed by atoms with Crippen LogP contribution in [0.5, 0.6) is 0 Å². The number of anilines is 1. The predicted molar refractivity (Wildman–Crippen MR) is 93.9 cm³/mol. The number of nitrogens with zero attached hydrogens (tertiary/aromatic N) is 2. The van der Waals surface area contributed by atoms with Crippen molar-refractivity contribution in [2.45, 2.75) is 32.4 Å². The zero-order chi connectivity index (χ0) is 17.1. The summed E-state index contributed by atoms with van der Waals surface area (Å²) in [6.07, 6.45) is 2.09. The first kappa shape index (κ1) is 16.3. The Labute approximate surface area is 142 Å². The zero-order valence-electron chi connectivity index (χ0n) is 13.9. The molecule has 0 aliphatic carbocycles. The Hall–Kier alpha value is -2.53. The molecule has 3 N–H and O–H groups in total. The third-order valence-corrected chi connectivity index (χ3v) is 4.63. The van der Waals surface area contributed by atoms with Gasteiger partial charge in [0.05, 0.1) is 12.6 Å². The number of rotatable bonds is 4. The van der Waals surface area contributed by atoms with Crippen LogP contribution in [0.25, 0.3) is 0 Å². The first-order valence-corrected chi connectivity index (χ1v) is 8.25. The minimum absolute atomic E-state index is 0.108. The van der Waals surface area contributed by atoms with E-state index in [1.54, 1.807) is 0 Å². The van der Waals surface area contributed by atoms with Gasteiger partial charge in [0.25, 0.3) is 0 Å². The van der Waals surface area contributed by atoms with Gasteiger partial charge in [-0.1, -0.05) is 42.5 Å². The number of amides is 2. The monoisotopic (exact) mass is 325 g/mol. The van der Waals surface area contributed by atoms with Crippen LogP contribution in [-0.2, 0) is 13.0 Å². The number of hydrogen-bond donors (Lipinski definition) is 2. The third-order valence-electron chi connectivity index (χ3n) is 4.63. The van der Waals surface area contributed by atoms with Gasteiger partial charge in [0, 0.05) is 12.2 Å². The van der Waals surface area contributed by atoms with Crippen molar-refractivity contribution in [3.05, 3.63) is 65.2 Å². The van der Waals surface area contributed by atoms with Gasteiger partial charge in [0.1, 0.15) is 0 Å². The maximum absolute atomic E-state index is 11.0. The van der Waals surface area contributed by atoms with Crippen LogP contribution in [0.4, 0.5) is 10.5 Å². The van der Waals surface area contributed by atoms with Gasteiger partial charge < -0.3 is 10.6 Å². The summed E-state index contributed by atoms with van der Waals surface area (Å²) in [6.45, 7) is 3.35. The molecule has 1 heterocycles. The van der Waals surface area contributed by atoms with Gasteiger partial charge in [0.2, 0.25) is 0 Å². The first-order valence-electron chi connectivity index (χ1n) is 8.25. The van der Waals surface area contributed by atoms with E-state index in [4.69, 9.17) is 5.73 Å². The Balaban J connectivity index is 1.84. The number of primary amides is 1. The van der Waals surface area contributed by atoms with Gasteiger partial charge in [-0.05, 0) is 42.5 Å². The third kappa shape index (κ3) is 3.36. The average Bonchev–Trinajstić information content (AvgIpc) is 2.61. The second-order valence-corrected chi connectivity index (χ2v) is 6.24. The lowest BCUT2D eigenvalue weighted by Crippen LogP contribution is -2.33. The molecule has 0 fully saturated rings. The van der Waals surface area contributed by atoms with Crippen LogP contribution >= 0.6 is 0 Å². The van der Waals surface area contributed by atoms with E-state index in [0.717, 1.165) is 24.9 Å². The summed E-state index contributed by atoms with van der Waals surface area (Å²) in [5.41, 5.74) is 9.73. The van der Waals surface area contributed by atoms with Crippen LogP contribution in [0.2, 0.25) is 0 Å². The van der Waals surface area contributed by atoms with E-state index in [0.29, 0.717) is 11.1 Å². The van der Waals surface area contributed by atoms with Gasteiger partial charge in [-0.3, -0.25) is 5.21 Å². The summed E-state index contributed by atoms with van der Waals surface area (Å²) >= 11 is 0. The molecule has 1 aliphatic rings. The lowest BCUT2D eigenvalue weighted by Gasteiger charge is -2.37. The van der Waals surface area contributed by atoms with Crippen molar-refractivity contribution in [3.63, 3.8) is 0 Å². The number of carbonyl (C=O) groups excluding carboxylic acids is 1. The molecular weight excluding hydrogens is 302 g/mol. The van der Waals surface area contributed by atoms with E-state index in [9.17, 15) is 10.0 Å². The van der Waals surface area contributed by atoms with E-state index < -0.39 is 6.03 Å². The highest BCUT2D eigenvalue weighted by Gasteiger charge is 2.22. The number of hydrogen-bond acceptors (Lipinski definition) is 3. The standard InChI is InChI=1S/C19H23N3O2/c1-14(16-6-3-2-4-7-16)21-11-5-8-17-12-15(9-10-18(17)21)13-22(24)19(20)23/h2-4,6-7,9-10,12,14,24H,5,8,11,13H2,1H3,(H2,20,23). The molecule has 24 heavy (non-hydrogen) atoms. The Morgan fingerprint density at radius 3 is 2.75 bits per heavy atom. The molecule has 2 aromatic carbocycles. The molecule has 1 aliphatic heterocycles. The van der Waals surface area contributed by atoms with E-state index in [1.807, 2.05) is 12.1 Å². The number of nitrogens with two attached hydrogens (primary N) is 1. The molecule has 3 rings (SSSR count). The summed E-state index contributed by atoms with van der Waals surface area (Å²) in [5, 5.41) is 10.1. The van der Waals surface area contributed by atoms with E-state index in [-0.39, 0.29) is 6.54 Å². The SMILES string of the molecule is CC(c1ccccc1)N1CCCc2cc(CN(O)C(N)=O)ccc21. The van der Waals surface area contributed by atoms with E-state index in [1.165, 1.54) is 16.8 Å². The number of aryl methyl sites for hydroxylation is 1. The number of carbonyl (C=O) groups is 1. The number of fused-ring (bicyclic) bond motifs is 1. The van der Waals surface area contributed by atoms with Crippen LogP contribution in [0.3, 0.4) is 0 Å². The van der Waals surface area contributed by atoms with E-state index >= 15 is 0 Å². The maximum atomic E-state index is 11.0. The number of urea groups is 1. The zero-order valence-corrected chi connectivity index (χ0v) is 13.9. The van der Waals surface area contributed by atoms with Crippen LogP contribution in [-0.4, -0.2) is 22.8 Å². The number of hydroxylamine groups is 2. The van der Waals surface area contributed by atoms with Crippen molar-refractivity contribution in [2.75, 3.05) is 11.4 Å². The molecule has 0 saturated carbocycles. The Morgan fingerprint density at radius 2 is 2.04 bits per heavy atom. The van der Waals surface area contributed by atoms with Gasteiger partial charge in [-0.15, -0.1) is 0 Å². The summed E-state index contributed by atoms with van der Waals surface area (Å²) < 4.78 is 0. The molecule has 2 aromatic rings. The molecule has 0 bridgehead atoms. The lowest BCUT2D eigenvalue weighted by atomic mass is 9.96. The molecule has 2 amide bonds. The van der Waals surface area contributed by atoms with Crippen LogP contribution in [0.1, 0.15) is 36.1 Å². The largest absolute Gasteiger partial charge is 0.365 e. The van der Waals surface area contributed by atoms with Crippen molar-refractivity contribution in [1.82, 2.24) is 5.06 Å². The van der Waals surface area contributed by atoms with Gasteiger partial charge in [-0.2, -0.15) is 0 Å². The Morgan fingerprint density at radius 1 is 1.29 bits per heavy atom. The van der Waals surface area contributed by atoms with Crippen molar-refractivity contribution in [1.29, 1.82) is 0 Å². The van der Waals surface area contributed by atoms with Crippen molar-refractivity contribution in [3.8, 4) is 0 Å². The minimum atomic E-state index is -0.841. The molecule has 0 aromatic heterocycles. The Bertz CT molecular complexity index is 718. The predicted octanol–water partition coefficient (Wildman–Crippen LogP) is 3.47. The molecule has 0 saturated heterocycles.